The van der Waals surface area contributed by atoms with E-state index in [-0.39, 0.29) is 17.7 Å². The van der Waals surface area contributed by atoms with Crippen LogP contribution >= 0.6 is 0 Å². The molecule has 8 heteroatoms. The third-order valence-electron chi connectivity index (χ3n) is 5.04. The number of piperazine rings is 1. The third kappa shape index (κ3) is 3.40. The molecule has 4 rings (SSSR count). The summed E-state index contributed by atoms with van der Waals surface area (Å²) in [5.74, 6) is 1.73. The zero-order valence-corrected chi connectivity index (χ0v) is 14.5. The Labute approximate surface area is 151 Å². The summed E-state index contributed by atoms with van der Waals surface area (Å²) < 4.78 is 1.91. The van der Waals surface area contributed by atoms with Gasteiger partial charge in [-0.15, -0.1) is 10.2 Å². The van der Waals surface area contributed by atoms with Crippen molar-refractivity contribution in [2.75, 3.05) is 37.6 Å². The summed E-state index contributed by atoms with van der Waals surface area (Å²) in [5.41, 5.74) is 0. The standard InChI is InChI=1S/C18H22N6O2/c25-17-6-3-14(13-19-17)18(26)24-11-9-23(10-12-24)16-5-4-15(20-21-16)22-7-1-2-8-22/h1-2,4-5,7-8,14H,3,6,9-13H2,(H,19,25). The summed E-state index contributed by atoms with van der Waals surface area (Å²) in [6.07, 6.45) is 4.96. The van der Waals surface area contributed by atoms with E-state index in [1.807, 2.05) is 46.1 Å². The van der Waals surface area contributed by atoms with Crippen LogP contribution in [0.4, 0.5) is 5.82 Å². The Morgan fingerprint density at radius 3 is 2.35 bits per heavy atom. The maximum Gasteiger partial charge on any atom is 0.227 e. The lowest BCUT2D eigenvalue weighted by Gasteiger charge is -2.37. The van der Waals surface area contributed by atoms with Crippen molar-refractivity contribution in [3.63, 3.8) is 0 Å². The fourth-order valence-corrected chi connectivity index (χ4v) is 3.47. The van der Waals surface area contributed by atoms with Crippen LogP contribution in [0.2, 0.25) is 0 Å². The van der Waals surface area contributed by atoms with Crippen molar-refractivity contribution in [3.05, 3.63) is 36.7 Å². The number of carbonyl (C=O) groups is 2. The molecule has 0 aromatic carbocycles. The van der Waals surface area contributed by atoms with Gasteiger partial charge < -0.3 is 19.7 Å². The highest BCUT2D eigenvalue weighted by Crippen LogP contribution is 2.18. The number of nitrogens with zero attached hydrogens (tertiary/aromatic N) is 5. The van der Waals surface area contributed by atoms with Gasteiger partial charge in [-0.2, -0.15) is 0 Å². The molecule has 26 heavy (non-hydrogen) atoms. The molecule has 1 unspecified atom stereocenters. The van der Waals surface area contributed by atoms with E-state index in [2.05, 4.69) is 20.4 Å². The largest absolute Gasteiger partial charge is 0.355 e. The second-order valence-electron chi connectivity index (χ2n) is 6.69. The van der Waals surface area contributed by atoms with Crippen LogP contribution in [-0.4, -0.2) is 64.2 Å². The van der Waals surface area contributed by atoms with E-state index >= 15 is 0 Å². The van der Waals surface area contributed by atoms with Crippen LogP contribution in [0.1, 0.15) is 12.8 Å². The van der Waals surface area contributed by atoms with E-state index in [1.54, 1.807) is 0 Å². The first-order chi connectivity index (χ1) is 12.7. The first kappa shape index (κ1) is 16.6. The van der Waals surface area contributed by atoms with E-state index < -0.39 is 0 Å². The predicted octanol–water partition coefficient (Wildman–Crippen LogP) is 0.442. The molecule has 0 aliphatic carbocycles. The van der Waals surface area contributed by atoms with Gasteiger partial charge in [-0.3, -0.25) is 9.59 Å². The van der Waals surface area contributed by atoms with E-state index in [0.29, 0.717) is 32.5 Å². The maximum absolute atomic E-state index is 12.6. The fraction of sp³-hybridized carbons (Fsp3) is 0.444. The van der Waals surface area contributed by atoms with Crippen LogP contribution in [0.25, 0.3) is 5.82 Å². The lowest BCUT2D eigenvalue weighted by molar-refractivity contribution is -0.137. The molecule has 0 spiro atoms. The molecule has 2 aromatic heterocycles. The average Bonchev–Trinajstić information content (AvgIpc) is 3.23. The second kappa shape index (κ2) is 7.15. The Hall–Kier alpha value is -2.90. The lowest BCUT2D eigenvalue weighted by atomic mass is 9.97. The van der Waals surface area contributed by atoms with Crippen LogP contribution in [-0.2, 0) is 9.59 Å². The molecule has 136 valence electrons. The van der Waals surface area contributed by atoms with Crippen molar-refractivity contribution < 1.29 is 9.59 Å². The minimum atomic E-state index is -0.0834. The molecule has 2 aliphatic heterocycles. The molecule has 4 heterocycles. The Morgan fingerprint density at radius 2 is 1.73 bits per heavy atom. The molecular formula is C18H22N6O2. The number of carbonyl (C=O) groups excluding carboxylic acids is 2. The van der Waals surface area contributed by atoms with Crippen LogP contribution in [0.5, 0.6) is 0 Å². The van der Waals surface area contributed by atoms with Gasteiger partial charge in [0.1, 0.15) is 0 Å². The van der Waals surface area contributed by atoms with Crippen LogP contribution in [0.15, 0.2) is 36.7 Å². The molecule has 0 bridgehead atoms. The predicted molar refractivity (Wildman–Crippen MR) is 95.9 cm³/mol. The van der Waals surface area contributed by atoms with Gasteiger partial charge in [-0.05, 0) is 30.7 Å². The van der Waals surface area contributed by atoms with Crippen LogP contribution in [0, 0.1) is 5.92 Å². The van der Waals surface area contributed by atoms with Crippen molar-refractivity contribution >= 4 is 17.6 Å². The zero-order valence-electron chi connectivity index (χ0n) is 14.5. The summed E-state index contributed by atoms with van der Waals surface area (Å²) in [4.78, 5) is 27.9. The topological polar surface area (TPSA) is 83.4 Å². The molecule has 8 nitrogen and oxygen atoms in total. The highest BCUT2D eigenvalue weighted by Gasteiger charge is 2.30. The summed E-state index contributed by atoms with van der Waals surface area (Å²) in [6, 6.07) is 7.81. The third-order valence-corrected chi connectivity index (χ3v) is 5.04. The molecule has 0 radical (unpaired) electrons. The number of anilines is 1. The Balaban J connectivity index is 1.33. The molecule has 2 amide bonds. The number of aromatic nitrogens is 3. The number of piperidine rings is 1. The van der Waals surface area contributed by atoms with Crippen LogP contribution in [0.3, 0.4) is 0 Å². The molecule has 2 aliphatic rings. The molecule has 0 saturated carbocycles. The Kier molecular flexibility index (Phi) is 4.55. The van der Waals surface area contributed by atoms with Crippen molar-refractivity contribution in [2.45, 2.75) is 12.8 Å². The SMILES string of the molecule is O=C1CCC(C(=O)N2CCN(c3ccc(-n4cccc4)nn3)CC2)CN1. The number of rotatable bonds is 3. The second-order valence-corrected chi connectivity index (χ2v) is 6.69. The van der Waals surface area contributed by atoms with Crippen molar-refractivity contribution in [3.8, 4) is 5.82 Å². The smallest absolute Gasteiger partial charge is 0.227 e. The van der Waals surface area contributed by atoms with Gasteiger partial charge in [0.05, 0.1) is 5.92 Å². The first-order valence-corrected chi connectivity index (χ1v) is 8.98. The lowest BCUT2D eigenvalue weighted by Crippen LogP contribution is -2.52. The van der Waals surface area contributed by atoms with E-state index in [9.17, 15) is 9.59 Å². The fourth-order valence-electron chi connectivity index (χ4n) is 3.47. The summed E-state index contributed by atoms with van der Waals surface area (Å²) in [5, 5.41) is 11.4. The summed E-state index contributed by atoms with van der Waals surface area (Å²) in [6.45, 7) is 3.28. The van der Waals surface area contributed by atoms with Crippen molar-refractivity contribution in [2.24, 2.45) is 5.92 Å². The molecular weight excluding hydrogens is 332 g/mol. The van der Waals surface area contributed by atoms with Gasteiger partial charge in [0.15, 0.2) is 11.6 Å². The van der Waals surface area contributed by atoms with Gasteiger partial charge in [-0.25, -0.2) is 0 Å². The van der Waals surface area contributed by atoms with E-state index in [4.69, 9.17) is 0 Å². The normalized spacial score (nSPS) is 20.8. The molecule has 2 fully saturated rings. The number of amides is 2. The van der Waals surface area contributed by atoms with Gasteiger partial charge in [0.2, 0.25) is 11.8 Å². The monoisotopic (exact) mass is 354 g/mol. The van der Waals surface area contributed by atoms with Gasteiger partial charge >= 0.3 is 0 Å². The molecule has 1 atom stereocenters. The number of hydrogen-bond acceptors (Lipinski definition) is 5. The molecule has 1 N–H and O–H groups in total. The zero-order chi connectivity index (χ0) is 17.9. The molecule has 2 aromatic rings. The van der Waals surface area contributed by atoms with E-state index in [1.165, 1.54) is 0 Å². The van der Waals surface area contributed by atoms with Gasteiger partial charge in [-0.1, -0.05) is 0 Å². The van der Waals surface area contributed by atoms with Gasteiger partial charge in [0, 0.05) is 51.5 Å². The minimum absolute atomic E-state index is 0.0424. The summed E-state index contributed by atoms with van der Waals surface area (Å²) in [7, 11) is 0. The first-order valence-electron chi connectivity index (χ1n) is 8.98. The highest BCUT2D eigenvalue weighted by molar-refractivity contribution is 5.84. The van der Waals surface area contributed by atoms with Gasteiger partial charge in [0.25, 0.3) is 0 Å². The van der Waals surface area contributed by atoms with Crippen molar-refractivity contribution in [1.82, 2.24) is 25.0 Å². The average molecular weight is 354 g/mol. The number of nitrogens with one attached hydrogen (secondary N) is 1. The van der Waals surface area contributed by atoms with E-state index in [0.717, 1.165) is 24.7 Å². The number of hydrogen-bond donors (Lipinski definition) is 1. The summed E-state index contributed by atoms with van der Waals surface area (Å²) >= 11 is 0. The quantitative estimate of drug-likeness (QED) is 0.865. The molecule has 2 saturated heterocycles. The van der Waals surface area contributed by atoms with Crippen molar-refractivity contribution in [1.29, 1.82) is 0 Å². The maximum atomic E-state index is 12.6. The Bertz CT molecular complexity index is 755. The minimum Gasteiger partial charge on any atom is -0.355 e. The Morgan fingerprint density at radius 1 is 1.04 bits per heavy atom. The highest BCUT2D eigenvalue weighted by atomic mass is 16.2. The van der Waals surface area contributed by atoms with Crippen LogP contribution < -0.4 is 10.2 Å².